The summed E-state index contributed by atoms with van der Waals surface area (Å²) >= 11 is 0. The zero-order valence-corrected chi connectivity index (χ0v) is 84.8. The van der Waals surface area contributed by atoms with Crippen molar-refractivity contribution in [1.82, 2.24) is 19.9 Å². The number of fused-ring (bicyclic) bond motifs is 15. The summed E-state index contributed by atoms with van der Waals surface area (Å²) in [5, 5.41) is 32.3. The van der Waals surface area contributed by atoms with Gasteiger partial charge in [-0.3, -0.25) is 29.3 Å². The van der Waals surface area contributed by atoms with Gasteiger partial charge in [0.05, 0.1) is 44.8 Å². The summed E-state index contributed by atoms with van der Waals surface area (Å²) in [4.78, 5) is 50.1. The number of aryl methyl sites for hydroxylation is 7. The molecule has 12 nitrogen and oxygen atoms in total. The molecule has 0 saturated heterocycles. The fourth-order valence-corrected chi connectivity index (χ4v) is 16.2. The first-order valence-corrected chi connectivity index (χ1v) is 44.0. The van der Waals surface area contributed by atoms with Gasteiger partial charge in [-0.1, -0.05) is 290 Å². The van der Waals surface area contributed by atoms with Crippen molar-refractivity contribution in [3.8, 4) is 78.5 Å². The van der Waals surface area contributed by atoms with Crippen LogP contribution in [0.25, 0.3) is 122 Å². The van der Waals surface area contributed by atoms with Crippen LogP contribution >= 0.6 is 0 Å². The zero-order valence-electron chi connectivity index (χ0n) is 77.7. The van der Waals surface area contributed by atoms with E-state index in [1.165, 1.54) is 162 Å². The van der Waals surface area contributed by atoms with Crippen LogP contribution in [0.15, 0.2) is 345 Å². The minimum Gasteiger partial charge on any atom is -0.512 e. The third-order valence-electron chi connectivity index (χ3n) is 22.2. The first kappa shape index (κ1) is 102. The monoisotopic (exact) mass is 2290 g/mol. The number of aromatic nitrogens is 6. The van der Waals surface area contributed by atoms with Gasteiger partial charge in [0.15, 0.2) is 36.6 Å². The van der Waals surface area contributed by atoms with Crippen molar-refractivity contribution in [1.29, 1.82) is 0 Å². The second-order valence-corrected chi connectivity index (χ2v) is 33.8. The number of para-hydroxylation sites is 2. The molecule has 0 amide bonds. The first-order chi connectivity index (χ1) is 62.6. The Kier molecular flexibility index (Phi) is 36.6. The molecule has 0 bridgehead atoms. The van der Waals surface area contributed by atoms with Crippen LogP contribution in [-0.4, -0.2) is 52.6 Å². The summed E-state index contributed by atoms with van der Waals surface area (Å²) in [7, 11) is 0. The van der Waals surface area contributed by atoms with Gasteiger partial charge in [0.2, 0.25) is 16.9 Å². The van der Waals surface area contributed by atoms with Crippen LogP contribution < -0.4 is 9.13 Å². The Hall–Kier alpha value is -13.2. The van der Waals surface area contributed by atoms with Crippen LogP contribution in [0.2, 0.25) is 0 Å². The number of nitrogens with zero attached hydrogens (tertiary/aromatic N) is 6. The molecule has 5 aromatic heterocycles. The Morgan fingerprint density at radius 3 is 1.53 bits per heavy atom. The molecule has 7 heterocycles. The standard InChI is InChI=1S/C31H22N2.C18H16N.2C17H14N.C16H12N.C9H16O2.2C5H8O2.3Ir/c1-21-20-32-30-19-28(25-14-12-24(13-15-25)22-8-4-2-5-9-22)29-18-26(23-10-6-3-7-11-23)16-17-27(29)31(30)33-21;1-12-4-5-15-6-7-17(19-18(15)11-12)16-9-13(2)8-14(3)10-16;1-12-10-13-6-3-5-9-16(13)18-11-14-7-2-4-8-15(14)17(12)18;1-12-9-13(2)11-15(10-12)17-8-7-14-5-3-4-6-16(14)18-17;1-3-7-14-12(5-1)9-10-17-11-13-6-2-4-8-15(13)16(14)17;1-6(2)8(10)5-9(11)7(3)4;2*1-4(6)3-5(2)7;;;/h2-14,16-20,28H,1H3;4-9,11H,1-3H3;2-10H,11H2,1H3;3-10H,1-2H3;1-10H,11H2;5-7,10H,1-4H3;2*3,6H,1-2H3;;;/q-2;-1;+1;-1;+1;;;;;;. The molecule has 3 N–H and O–H groups in total. The molecule has 0 spiro atoms. The molecule has 12 aromatic carbocycles. The maximum absolute atomic E-state index is 11.0. The maximum Gasteiger partial charge on any atom is 0.221 e. The van der Waals surface area contributed by atoms with Gasteiger partial charge in [0.25, 0.3) is 0 Å². The molecule has 0 fully saturated rings. The third kappa shape index (κ3) is 26.8. The normalized spacial score (nSPS) is 12.1. The summed E-state index contributed by atoms with van der Waals surface area (Å²) in [5.41, 5.74) is 34.4. The predicted octanol–water partition coefficient (Wildman–Crippen LogP) is 27.2. The van der Waals surface area contributed by atoms with Gasteiger partial charge in [-0.2, -0.15) is 45.4 Å². The molecule has 15 heteroatoms. The topological polar surface area (TPSA) is 171 Å². The van der Waals surface area contributed by atoms with E-state index in [1.54, 1.807) is 0 Å². The van der Waals surface area contributed by atoms with E-state index in [1.807, 2.05) is 65.1 Å². The second-order valence-electron chi connectivity index (χ2n) is 33.8. The first-order valence-electron chi connectivity index (χ1n) is 44.0. The van der Waals surface area contributed by atoms with E-state index in [4.69, 9.17) is 30.1 Å². The Bertz CT molecular complexity index is 7010. The number of aliphatic hydroxyl groups excluding tert-OH is 3. The fourth-order valence-electron chi connectivity index (χ4n) is 16.2. The molecule has 17 aromatic rings. The molecule has 2 aliphatic heterocycles. The molecule has 133 heavy (non-hydrogen) atoms. The van der Waals surface area contributed by atoms with Crippen LogP contribution in [0.3, 0.4) is 0 Å². The van der Waals surface area contributed by atoms with Crippen molar-refractivity contribution >= 4 is 60.8 Å². The average Bonchev–Trinajstić information content (AvgIpc) is 1.69. The maximum atomic E-state index is 11.0. The Labute approximate surface area is 823 Å². The van der Waals surface area contributed by atoms with E-state index in [2.05, 4.69) is 354 Å². The number of carbonyl (C=O) groups is 3. The number of ketones is 3. The minimum absolute atomic E-state index is 0. The van der Waals surface area contributed by atoms with Crippen LogP contribution in [0.1, 0.15) is 128 Å². The summed E-state index contributed by atoms with van der Waals surface area (Å²) in [5.74, 6) is 0.103. The van der Waals surface area contributed by atoms with Crippen molar-refractivity contribution in [2.24, 2.45) is 11.8 Å². The summed E-state index contributed by atoms with van der Waals surface area (Å²) < 4.78 is 4.78. The number of hydrogen-bond donors (Lipinski definition) is 3. The molecular formula is C118H110Ir3N6O6-2. The molecule has 1 atom stereocenters. The van der Waals surface area contributed by atoms with Crippen LogP contribution in [0, 0.1) is 84.9 Å². The number of pyridine rings is 4. The summed E-state index contributed by atoms with van der Waals surface area (Å²) in [6.45, 7) is 29.6. The van der Waals surface area contributed by atoms with Gasteiger partial charge < -0.3 is 20.3 Å². The number of aliphatic hydroxyl groups is 3. The van der Waals surface area contributed by atoms with E-state index < -0.39 is 0 Å². The van der Waals surface area contributed by atoms with E-state index in [0.717, 1.165) is 86.0 Å². The molecule has 1 unspecified atom stereocenters. The van der Waals surface area contributed by atoms with E-state index in [-0.39, 0.29) is 113 Å². The SMILES string of the molecule is CC(=O)C=C(C)O.CC(=O)C=C(C)O.CC(C)C(=O)C=C(O)C(C)C.Cc1[c-]c(-c2ccc3ccc(C)cc3n2)cc(C)c1.Cc1[c-]c(-c2ccc3ccccc3n2)cc(C)c1.Cc1cc2ccccc2[n+]2c1-c1ccccc1C2.Cc1cnc2c(n1)-c1ccc(-c3ccccc3)cc1C(c1[c-]cc(-c3ccccc3)cc1)[CH-]2.[Ir].[Ir].[Ir].c1ccc2c(c1)C[n+]1ccc3ccccc3c1-2. The molecule has 1 aliphatic carbocycles. The summed E-state index contributed by atoms with van der Waals surface area (Å²) in [6, 6.07) is 115. The molecular weight excluding hydrogens is 2170 g/mol. The fraction of sp³-hybridized carbons (Fsp3) is 0.169. The van der Waals surface area contributed by atoms with Crippen LogP contribution in [0.5, 0.6) is 0 Å². The Balaban J connectivity index is 0.000000164. The molecule has 0 saturated carbocycles. The number of benzene rings is 12. The van der Waals surface area contributed by atoms with Crippen molar-refractivity contribution < 1.29 is 99.2 Å². The van der Waals surface area contributed by atoms with Gasteiger partial charge in [0, 0.05) is 136 Å². The van der Waals surface area contributed by atoms with Gasteiger partial charge >= 0.3 is 0 Å². The van der Waals surface area contributed by atoms with Crippen molar-refractivity contribution in [2.75, 3.05) is 0 Å². The van der Waals surface area contributed by atoms with Crippen LogP contribution in [-0.2, 0) is 87.8 Å². The second kappa shape index (κ2) is 47.8. The largest absolute Gasteiger partial charge is 0.512 e. The minimum atomic E-state index is -0.125. The number of rotatable bonds is 10. The van der Waals surface area contributed by atoms with Crippen molar-refractivity contribution in [3.05, 3.63) is 437 Å². The predicted molar refractivity (Wildman–Crippen MR) is 531 cm³/mol. The van der Waals surface area contributed by atoms with E-state index in [9.17, 15) is 19.5 Å². The number of allylic oxidation sites excluding steroid dienone is 6. The Morgan fingerprint density at radius 1 is 0.444 bits per heavy atom. The van der Waals surface area contributed by atoms with Crippen molar-refractivity contribution in [2.45, 2.75) is 123 Å². The average molecular weight is 2280 g/mol. The molecule has 677 valence electrons. The molecule has 3 aliphatic rings. The van der Waals surface area contributed by atoms with Gasteiger partial charge in [-0.25, -0.2) is 0 Å². The molecule has 3 radical (unpaired) electrons. The summed E-state index contributed by atoms with van der Waals surface area (Å²) in [6.07, 6.45) is 9.91. The van der Waals surface area contributed by atoms with Crippen LogP contribution in [0.4, 0.5) is 0 Å². The number of hydrogen-bond acceptors (Lipinski definition) is 10. The van der Waals surface area contributed by atoms with Crippen molar-refractivity contribution in [3.63, 3.8) is 0 Å². The Morgan fingerprint density at radius 2 is 0.962 bits per heavy atom. The third-order valence-corrected chi connectivity index (χ3v) is 22.2. The molecule has 20 rings (SSSR count). The van der Waals surface area contributed by atoms with Gasteiger partial charge in [-0.15, -0.1) is 75.3 Å². The number of carbonyl (C=O) groups excluding carboxylic acids is 3. The quantitative estimate of drug-likeness (QED) is 0.0518. The zero-order chi connectivity index (χ0) is 92.2. The van der Waals surface area contributed by atoms with E-state index in [0.29, 0.717) is 0 Å². The van der Waals surface area contributed by atoms with Gasteiger partial charge in [-0.05, 0) is 135 Å². The van der Waals surface area contributed by atoms with Gasteiger partial charge in [0.1, 0.15) is 0 Å². The smallest absolute Gasteiger partial charge is 0.221 e. The van der Waals surface area contributed by atoms with E-state index >= 15 is 0 Å².